The van der Waals surface area contributed by atoms with Crippen molar-refractivity contribution in [3.8, 4) is 11.4 Å². The summed E-state index contributed by atoms with van der Waals surface area (Å²) in [6.45, 7) is 2.77. The molecule has 2 heterocycles. The predicted octanol–water partition coefficient (Wildman–Crippen LogP) is 4.76. The van der Waals surface area contributed by atoms with Gasteiger partial charge >= 0.3 is 19.7 Å². The molecule has 4 aromatic rings. The summed E-state index contributed by atoms with van der Waals surface area (Å²) in [4.78, 5) is 69.6. The minimum absolute atomic E-state index is 0.0187. The topological polar surface area (TPSA) is 187 Å². The van der Waals surface area contributed by atoms with Crippen LogP contribution in [-0.4, -0.2) is 79.1 Å². The first-order valence-corrected chi connectivity index (χ1v) is 18.5. The van der Waals surface area contributed by atoms with Crippen LogP contribution < -0.4 is 15.1 Å². The highest BCUT2D eigenvalue weighted by Crippen LogP contribution is 2.61. The molecule has 4 N–H and O–H groups in total. The van der Waals surface area contributed by atoms with Gasteiger partial charge in [0.1, 0.15) is 34.2 Å². The van der Waals surface area contributed by atoms with E-state index in [9.17, 15) is 52.1 Å². The number of carboxylic acid groups (broad SMARTS) is 1. The maximum Gasteiger partial charge on any atom is 0.415 e. The minimum Gasteiger partial charge on any atom is -0.477 e. The Morgan fingerprint density at radius 1 is 0.959 bits per heavy atom. The lowest BCUT2D eigenvalue weighted by atomic mass is 10.1. The number of hydrogen-bond donors (Lipinski definition) is 4. The molecule has 3 atom stereocenters. The van der Waals surface area contributed by atoms with E-state index in [1.54, 1.807) is 11.8 Å². The highest BCUT2D eigenvalue weighted by Gasteiger charge is 2.40. The number of fused-ring (bicyclic) bond motifs is 1. The lowest BCUT2D eigenvalue weighted by Crippen LogP contribution is -2.55. The molecule has 0 bridgehead atoms. The summed E-state index contributed by atoms with van der Waals surface area (Å²) in [5.74, 6) is -4.34. The number of rotatable bonds is 8. The molecule has 13 nitrogen and oxygen atoms in total. The molecule has 49 heavy (non-hydrogen) atoms. The quantitative estimate of drug-likeness (QED) is 0.184. The number of aromatic nitrogens is 1. The second-order valence-corrected chi connectivity index (χ2v) is 16.4. The van der Waals surface area contributed by atoms with Gasteiger partial charge in [0, 0.05) is 50.0 Å². The molecule has 1 aliphatic rings. The average Bonchev–Trinajstić information content (AvgIpc) is 2.99. The third kappa shape index (κ3) is 7.58. The van der Waals surface area contributed by atoms with Crippen LogP contribution >= 0.6 is 15.0 Å². The normalized spacial score (nSPS) is 17.1. The van der Waals surface area contributed by atoms with Gasteiger partial charge in [-0.1, -0.05) is 12.1 Å². The second kappa shape index (κ2) is 13.4. The van der Waals surface area contributed by atoms with Crippen LogP contribution in [0.5, 0.6) is 5.75 Å². The summed E-state index contributed by atoms with van der Waals surface area (Å²) in [7, 11) is -9.03. The van der Waals surface area contributed by atoms with E-state index >= 15 is 4.39 Å². The first-order chi connectivity index (χ1) is 22.8. The molecule has 1 fully saturated rings. The van der Waals surface area contributed by atoms with Crippen LogP contribution in [0.3, 0.4) is 0 Å². The van der Waals surface area contributed by atoms with Crippen LogP contribution in [0.15, 0.2) is 65.6 Å². The molecule has 0 spiro atoms. The number of carbonyl (C=O) groups is 2. The number of anilines is 1. The van der Waals surface area contributed by atoms with Gasteiger partial charge in [0.05, 0.1) is 16.9 Å². The fraction of sp³-hybridized carbons (Fsp3) is 0.258. The van der Waals surface area contributed by atoms with Crippen molar-refractivity contribution in [2.45, 2.75) is 24.8 Å². The summed E-state index contributed by atoms with van der Waals surface area (Å²) in [6.07, 6.45) is -0.246. The van der Waals surface area contributed by atoms with Crippen LogP contribution in [-0.2, 0) is 15.6 Å². The Labute approximate surface area is 276 Å². The molecular formula is C31H30F3N3O10P2. The molecular weight excluding hydrogens is 693 g/mol. The van der Waals surface area contributed by atoms with Crippen LogP contribution in [0.1, 0.15) is 22.8 Å². The number of nitrogens with zero attached hydrogens (tertiary/aromatic N) is 3. The molecule has 0 radical (unpaired) electrons. The van der Waals surface area contributed by atoms with E-state index < -0.39 is 66.9 Å². The maximum atomic E-state index is 15.6. The van der Waals surface area contributed by atoms with Crippen LogP contribution in [0.4, 0.5) is 23.7 Å². The summed E-state index contributed by atoms with van der Waals surface area (Å²) >= 11 is 0. The van der Waals surface area contributed by atoms with E-state index in [4.69, 9.17) is 4.74 Å². The Balaban J connectivity index is 1.36. The Morgan fingerprint density at radius 3 is 2.18 bits per heavy atom. The zero-order chi connectivity index (χ0) is 36.0. The van der Waals surface area contributed by atoms with Crippen LogP contribution in [0.25, 0.3) is 16.6 Å². The van der Waals surface area contributed by atoms with Gasteiger partial charge in [0.2, 0.25) is 12.8 Å². The van der Waals surface area contributed by atoms with Crippen LogP contribution in [0.2, 0.25) is 0 Å². The number of benzene rings is 3. The molecule has 260 valence electrons. The van der Waals surface area contributed by atoms with Gasteiger partial charge < -0.3 is 38.9 Å². The van der Waals surface area contributed by atoms with Crippen LogP contribution in [0, 0.1) is 17.5 Å². The number of hydrogen-bond acceptors (Lipinski definition) is 7. The van der Waals surface area contributed by atoms with Gasteiger partial charge in [-0.05, 0) is 55.3 Å². The molecule has 3 unspecified atom stereocenters. The lowest BCUT2D eigenvalue weighted by molar-refractivity contribution is 0.0694. The molecule has 3 aromatic carbocycles. The van der Waals surface area contributed by atoms with E-state index in [1.165, 1.54) is 35.2 Å². The zero-order valence-electron chi connectivity index (χ0n) is 25.9. The van der Waals surface area contributed by atoms with E-state index in [-0.39, 0.29) is 54.1 Å². The summed E-state index contributed by atoms with van der Waals surface area (Å²) in [5.41, 5.74) is -1.75. The van der Waals surface area contributed by atoms with E-state index in [2.05, 4.69) is 0 Å². The summed E-state index contributed by atoms with van der Waals surface area (Å²) in [6, 6.07) is 9.70. The van der Waals surface area contributed by atoms with Crippen molar-refractivity contribution in [2.24, 2.45) is 0 Å². The molecule has 1 aromatic heterocycles. The molecule has 5 rings (SSSR count). The highest BCUT2D eigenvalue weighted by molar-refractivity contribution is 7.73. The lowest BCUT2D eigenvalue weighted by Gasteiger charge is -2.40. The first-order valence-electron chi connectivity index (χ1n) is 14.6. The third-order valence-electron chi connectivity index (χ3n) is 8.16. The van der Waals surface area contributed by atoms with E-state index in [1.807, 2.05) is 0 Å². The highest BCUT2D eigenvalue weighted by atomic mass is 31.2. The minimum atomic E-state index is -4.89. The van der Waals surface area contributed by atoms with Gasteiger partial charge in [-0.2, -0.15) is 0 Å². The van der Waals surface area contributed by atoms with Crippen molar-refractivity contribution >= 4 is 43.6 Å². The number of carboxylic acids is 1. The van der Waals surface area contributed by atoms with Crippen molar-refractivity contribution in [1.82, 2.24) is 9.47 Å². The molecule has 1 saturated heterocycles. The molecule has 1 amide bonds. The van der Waals surface area contributed by atoms with E-state index in [0.29, 0.717) is 11.6 Å². The molecule has 1 aliphatic heterocycles. The number of aromatic carboxylic acids is 1. The van der Waals surface area contributed by atoms with E-state index in [0.717, 1.165) is 35.6 Å². The Morgan fingerprint density at radius 2 is 1.61 bits per heavy atom. The Bertz CT molecular complexity index is 2090. The van der Waals surface area contributed by atoms with Crippen molar-refractivity contribution in [1.29, 1.82) is 0 Å². The van der Waals surface area contributed by atoms with Gasteiger partial charge in [-0.15, -0.1) is 0 Å². The van der Waals surface area contributed by atoms with Gasteiger partial charge in [0.25, 0.3) is 0 Å². The third-order valence-corrected chi connectivity index (χ3v) is 12.6. The monoisotopic (exact) mass is 723 g/mol. The van der Waals surface area contributed by atoms with Crippen molar-refractivity contribution in [2.75, 3.05) is 31.2 Å². The molecule has 18 heteroatoms. The fourth-order valence-corrected chi connectivity index (χ4v) is 8.91. The predicted molar refractivity (Wildman–Crippen MR) is 173 cm³/mol. The maximum absolute atomic E-state index is 15.6. The molecule has 0 aliphatic carbocycles. The smallest absolute Gasteiger partial charge is 0.415 e. The Hall–Kier alpha value is -4.46. The first kappa shape index (κ1) is 35.8. The largest absolute Gasteiger partial charge is 0.477 e. The number of amides is 1. The summed E-state index contributed by atoms with van der Waals surface area (Å²) < 4.78 is 74.3. The summed E-state index contributed by atoms with van der Waals surface area (Å²) in [5, 5.41) is 7.43. The SMILES string of the molecule is CC1CN(c2cc3c(cc2F)c(=O)c(C(=O)O)cn3-c2ccc(F)cc2F)CCN1C(=O)Oc1ccc(CC(P(C)(=O)O)P(=O)(O)O)cc1. The van der Waals surface area contributed by atoms with Crippen molar-refractivity contribution in [3.05, 3.63) is 99.6 Å². The zero-order valence-corrected chi connectivity index (χ0v) is 27.7. The Kier molecular flexibility index (Phi) is 9.84. The van der Waals surface area contributed by atoms with Gasteiger partial charge in [0.15, 0.2) is 0 Å². The van der Waals surface area contributed by atoms with Crippen molar-refractivity contribution in [3.63, 3.8) is 0 Å². The number of pyridine rings is 1. The average molecular weight is 724 g/mol. The van der Waals surface area contributed by atoms with Crippen molar-refractivity contribution < 1.29 is 56.4 Å². The second-order valence-electron chi connectivity index (χ2n) is 11.7. The van der Waals surface area contributed by atoms with Gasteiger partial charge in [-0.25, -0.2) is 22.8 Å². The molecule has 0 saturated carbocycles. The number of carbonyl (C=O) groups excluding carboxylic acids is 1. The standard InChI is InChI=1S/C31H30F3N3O10P2/c1-17-15-35(9-10-36(17)31(41)47-20-6-3-18(4-7-20)11-28(48(2,42)43)49(44,45)46)27-14-26-21(13-24(27)34)29(38)22(30(39)40)16-37(26)25-8-5-19(32)12-23(25)33/h3-8,12-14,16-17,28H,9-11,15H2,1-2H3,(H,39,40)(H,42,43)(H2,44,45,46). The number of ether oxygens (including phenoxy) is 1. The number of halogens is 3. The van der Waals surface area contributed by atoms with Gasteiger partial charge in [-0.3, -0.25) is 13.9 Å². The number of piperazine rings is 1. The fourth-order valence-electron chi connectivity index (χ4n) is 5.68.